The van der Waals surface area contributed by atoms with Crippen molar-refractivity contribution in [2.24, 2.45) is 0 Å². The van der Waals surface area contributed by atoms with Crippen LogP contribution in [0, 0.1) is 0 Å². The number of rotatable bonds is 6. The number of aliphatic carboxylic acids is 1. The molecule has 0 unspecified atom stereocenters. The first-order valence-corrected chi connectivity index (χ1v) is 6.64. The highest BCUT2D eigenvalue weighted by Crippen LogP contribution is 2.18. The van der Waals surface area contributed by atoms with Crippen LogP contribution >= 0.6 is 0 Å². The largest absolute Gasteiger partial charge is 0.481 e. The highest BCUT2D eigenvalue weighted by atomic mass is 16.5. The van der Waals surface area contributed by atoms with Crippen molar-refractivity contribution in [3.63, 3.8) is 0 Å². The minimum absolute atomic E-state index is 0.207. The van der Waals surface area contributed by atoms with Crippen molar-refractivity contribution in [2.75, 3.05) is 43.1 Å². The lowest BCUT2D eigenvalue weighted by Crippen LogP contribution is -2.36. The van der Waals surface area contributed by atoms with Gasteiger partial charge in [0, 0.05) is 37.4 Å². The Labute approximate surface area is 113 Å². The second-order valence-corrected chi connectivity index (χ2v) is 4.57. The molecule has 1 saturated heterocycles. The van der Waals surface area contributed by atoms with Crippen molar-refractivity contribution in [1.82, 2.24) is 0 Å². The molecule has 0 spiro atoms. The van der Waals surface area contributed by atoms with Crippen LogP contribution in [0.4, 0.5) is 11.4 Å². The number of carboxylic acids is 1. The predicted octanol–water partition coefficient (Wildman–Crippen LogP) is 1.80. The third kappa shape index (κ3) is 4.44. The number of benzene rings is 1. The van der Waals surface area contributed by atoms with Crippen LogP contribution in [0.2, 0.25) is 0 Å². The van der Waals surface area contributed by atoms with Crippen molar-refractivity contribution in [3.05, 3.63) is 24.3 Å². The minimum atomic E-state index is -0.746. The number of nitrogens with zero attached hydrogens (tertiary/aromatic N) is 1. The molecule has 1 aliphatic heterocycles. The van der Waals surface area contributed by atoms with E-state index in [-0.39, 0.29) is 6.42 Å². The second-order valence-electron chi connectivity index (χ2n) is 4.57. The van der Waals surface area contributed by atoms with E-state index in [1.807, 2.05) is 12.1 Å². The molecule has 0 amide bonds. The molecule has 0 atom stereocenters. The number of hydrogen-bond donors (Lipinski definition) is 2. The zero-order chi connectivity index (χ0) is 13.5. The number of carboxylic acid groups (broad SMARTS) is 1. The van der Waals surface area contributed by atoms with Crippen molar-refractivity contribution < 1.29 is 14.6 Å². The van der Waals surface area contributed by atoms with Crippen molar-refractivity contribution in [3.8, 4) is 0 Å². The van der Waals surface area contributed by atoms with Gasteiger partial charge < -0.3 is 20.1 Å². The van der Waals surface area contributed by atoms with Gasteiger partial charge in [-0.2, -0.15) is 0 Å². The van der Waals surface area contributed by atoms with Gasteiger partial charge in [0.05, 0.1) is 13.2 Å². The van der Waals surface area contributed by atoms with Crippen LogP contribution in [0.1, 0.15) is 12.8 Å². The van der Waals surface area contributed by atoms with Gasteiger partial charge in [-0.25, -0.2) is 0 Å². The number of ether oxygens (including phenoxy) is 1. The average Bonchev–Trinajstić information content (AvgIpc) is 2.45. The first kappa shape index (κ1) is 13.7. The Bertz CT molecular complexity index is 400. The maximum absolute atomic E-state index is 10.4. The summed E-state index contributed by atoms with van der Waals surface area (Å²) < 4.78 is 5.33. The van der Waals surface area contributed by atoms with E-state index in [4.69, 9.17) is 9.84 Å². The van der Waals surface area contributed by atoms with Gasteiger partial charge in [0.15, 0.2) is 0 Å². The van der Waals surface area contributed by atoms with Crippen LogP contribution < -0.4 is 10.2 Å². The van der Waals surface area contributed by atoms with Crippen LogP contribution in [0.3, 0.4) is 0 Å². The zero-order valence-corrected chi connectivity index (χ0v) is 11.0. The molecule has 5 nitrogen and oxygen atoms in total. The summed E-state index contributed by atoms with van der Waals surface area (Å²) in [6, 6.07) is 8.24. The number of hydrogen-bond acceptors (Lipinski definition) is 4. The Balaban J connectivity index is 1.79. The van der Waals surface area contributed by atoms with E-state index in [0.717, 1.165) is 32.0 Å². The molecule has 1 aromatic rings. The molecule has 5 heteroatoms. The molecule has 0 radical (unpaired) electrons. The third-order valence-corrected chi connectivity index (χ3v) is 3.14. The summed E-state index contributed by atoms with van der Waals surface area (Å²) in [5.74, 6) is -0.746. The van der Waals surface area contributed by atoms with Gasteiger partial charge in [-0.05, 0) is 30.7 Å². The minimum Gasteiger partial charge on any atom is -0.481 e. The fourth-order valence-corrected chi connectivity index (χ4v) is 2.08. The van der Waals surface area contributed by atoms with E-state index < -0.39 is 5.97 Å². The maximum atomic E-state index is 10.4. The molecule has 1 fully saturated rings. The average molecular weight is 264 g/mol. The van der Waals surface area contributed by atoms with Crippen molar-refractivity contribution in [1.29, 1.82) is 0 Å². The first-order chi connectivity index (χ1) is 9.25. The molecule has 19 heavy (non-hydrogen) atoms. The normalized spacial score (nSPS) is 15.3. The van der Waals surface area contributed by atoms with Gasteiger partial charge in [0.25, 0.3) is 0 Å². The lowest BCUT2D eigenvalue weighted by Gasteiger charge is -2.28. The van der Waals surface area contributed by atoms with E-state index in [9.17, 15) is 4.79 Å². The lowest BCUT2D eigenvalue weighted by atomic mass is 10.2. The highest BCUT2D eigenvalue weighted by molar-refractivity contribution is 5.66. The molecule has 0 saturated carbocycles. The highest BCUT2D eigenvalue weighted by Gasteiger charge is 2.10. The molecule has 2 N–H and O–H groups in total. The SMILES string of the molecule is O=C(O)CCCNc1ccc(N2CCOCC2)cc1. The Morgan fingerprint density at radius 3 is 2.58 bits per heavy atom. The quantitative estimate of drug-likeness (QED) is 0.767. The van der Waals surface area contributed by atoms with Gasteiger partial charge in [-0.1, -0.05) is 0 Å². The van der Waals surface area contributed by atoms with E-state index in [1.54, 1.807) is 0 Å². The van der Waals surface area contributed by atoms with Gasteiger partial charge in [0.2, 0.25) is 0 Å². The van der Waals surface area contributed by atoms with Crippen molar-refractivity contribution in [2.45, 2.75) is 12.8 Å². The van der Waals surface area contributed by atoms with E-state index in [0.29, 0.717) is 13.0 Å². The summed E-state index contributed by atoms with van der Waals surface area (Å²) in [5, 5.41) is 11.8. The van der Waals surface area contributed by atoms with Crippen LogP contribution in [0.15, 0.2) is 24.3 Å². The summed E-state index contributed by atoms with van der Waals surface area (Å²) in [6.07, 6.45) is 0.847. The molecular formula is C14H20N2O3. The van der Waals surface area contributed by atoms with Gasteiger partial charge in [-0.15, -0.1) is 0 Å². The third-order valence-electron chi connectivity index (χ3n) is 3.14. The molecule has 0 bridgehead atoms. The fraction of sp³-hybridized carbons (Fsp3) is 0.500. The van der Waals surface area contributed by atoms with E-state index in [1.165, 1.54) is 5.69 Å². The zero-order valence-electron chi connectivity index (χ0n) is 11.0. The predicted molar refractivity (Wildman–Crippen MR) is 74.8 cm³/mol. The Morgan fingerprint density at radius 1 is 1.26 bits per heavy atom. The number of nitrogens with one attached hydrogen (secondary N) is 1. The topological polar surface area (TPSA) is 61.8 Å². The maximum Gasteiger partial charge on any atom is 0.303 e. The van der Waals surface area contributed by atoms with Crippen LogP contribution in [0.25, 0.3) is 0 Å². The number of anilines is 2. The Hall–Kier alpha value is -1.75. The fourth-order valence-electron chi connectivity index (χ4n) is 2.08. The van der Waals surface area contributed by atoms with Crippen LogP contribution in [-0.2, 0) is 9.53 Å². The lowest BCUT2D eigenvalue weighted by molar-refractivity contribution is -0.137. The number of morpholine rings is 1. The molecule has 0 aromatic heterocycles. The molecule has 1 aromatic carbocycles. The summed E-state index contributed by atoms with van der Waals surface area (Å²) in [6.45, 7) is 4.13. The van der Waals surface area contributed by atoms with E-state index in [2.05, 4.69) is 22.3 Å². The van der Waals surface area contributed by atoms with Gasteiger partial charge >= 0.3 is 5.97 Å². The van der Waals surface area contributed by atoms with Crippen LogP contribution in [-0.4, -0.2) is 43.9 Å². The van der Waals surface area contributed by atoms with Crippen molar-refractivity contribution >= 4 is 17.3 Å². The molecule has 2 rings (SSSR count). The summed E-state index contributed by atoms with van der Waals surface area (Å²) in [7, 11) is 0. The van der Waals surface area contributed by atoms with E-state index >= 15 is 0 Å². The Kier molecular flexibility index (Phi) is 5.03. The van der Waals surface area contributed by atoms with Crippen LogP contribution in [0.5, 0.6) is 0 Å². The second kappa shape index (κ2) is 6.99. The molecule has 1 heterocycles. The standard InChI is InChI=1S/C14H20N2O3/c17-14(18)2-1-7-15-12-3-5-13(6-4-12)16-8-10-19-11-9-16/h3-6,15H,1-2,7-11H2,(H,17,18). The molecule has 0 aliphatic carbocycles. The molecular weight excluding hydrogens is 244 g/mol. The summed E-state index contributed by atoms with van der Waals surface area (Å²) in [5.41, 5.74) is 2.24. The molecule has 1 aliphatic rings. The summed E-state index contributed by atoms with van der Waals surface area (Å²) >= 11 is 0. The summed E-state index contributed by atoms with van der Waals surface area (Å²) in [4.78, 5) is 12.7. The molecule has 104 valence electrons. The monoisotopic (exact) mass is 264 g/mol. The van der Waals surface area contributed by atoms with Gasteiger partial charge in [0.1, 0.15) is 0 Å². The first-order valence-electron chi connectivity index (χ1n) is 6.64. The Morgan fingerprint density at radius 2 is 1.95 bits per heavy atom. The van der Waals surface area contributed by atoms with Gasteiger partial charge in [-0.3, -0.25) is 4.79 Å². The smallest absolute Gasteiger partial charge is 0.303 e. The number of carbonyl (C=O) groups is 1.